The van der Waals surface area contributed by atoms with Crippen molar-refractivity contribution >= 4 is 11.4 Å². The molecule has 0 N–H and O–H groups in total. The Morgan fingerprint density at radius 3 is 2.72 bits per heavy atom. The Bertz CT molecular complexity index is 1120. The lowest BCUT2D eigenvalue weighted by molar-refractivity contribution is 0.0741. The molecular weight excluding hydrogens is 366 g/mol. The molecular formula is C22H23N5O2. The second-order valence-corrected chi connectivity index (χ2v) is 6.88. The summed E-state index contributed by atoms with van der Waals surface area (Å²) >= 11 is 0. The van der Waals surface area contributed by atoms with Gasteiger partial charge in [0.15, 0.2) is 11.5 Å². The topological polar surface area (TPSA) is 64.7 Å². The lowest BCUT2D eigenvalue weighted by Gasteiger charge is -2.15. The minimum Gasteiger partial charge on any atom is -0.383 e. The first-order valence-corrected chi connectivity index (χ1v) is 9.45. The first kappa shape index (κ1) is 18.9. The summed E-state index contributed by atoms with van der Waals surface area (Å²) in [5.74, 6) is 0.511. The standard InChI is InChI=1S/C22H23N5O2/c1-25(12-13-29-2)22(28)20-19-10-6-7-11-27(19)21(24-20)18-15-26(16-23-18)14-17-8-4-3-5-9-17/h3-11,15-16H,12-14H2,1-2H3. The predicted molar refractivity (Wildman–Crippen MR) is 111 cm³/mol. The molecule has 0 aliphatic carbocycles. The van der Waals surface area contributed by atoms with E-state index in [4.69, 9.17) is 4.74 Å². The van der Waals surface area contributed by atoms with Crippen molar-refractivity contribution in [1.82, 2.24) is 23.8 Å². The summed E-state index contributed by atoms with van der Waals surface area (Å²) in [5.41, 5.74) is 3.09. The SMILES string of the molecule is COCCN(C)C(=O)c1nc(-c2cn(Cc3ccccc3)cn2)n2ccccc12. The third-order valence-electron chi connectivity index (χ3n) is 4.80. The molecule has 0 spiro atoms. The third-order valence-corrected chi connectivity index (χ3v) is 4.80. The minimum absolute atomic E-state index is 0.138. The van der Waals surface area contributed by atoms with Gasteiger partial charge in [-0.2, -0.15) is 0 Å². The van der Waals surface area contributed by atoms with Crippen molar-refractivity contribution in [1.29, 1.82) is 0 Å². The van der Waals surface area contributed by atoms with Crippen LogP contribution in [0.4, 0.5) is 0 Å². The van der Waals surface area contributed by atoms with Crippen LogP contribution >= 0.6 is 0 Å². The van der Waals surface area contributed by atoms with Crippen molar-refractivity contribution in [3.63, 3.8) is 0 Å². The van der Waals surface area contributed by atoms with Crippen LogP contribution < -0.4 is 0 Å². The van der Waals surface area contributed by atoms with Crippen molar-refractivity contribution < 1.29 is 9.53 Å². The van der Waals surface area contributed by atoms with E-state index >= 15 is 0 Å². The summed E-state index contributed by atoms with van der Waals surface area (Å²) in [4.78, 5) is 23.7. The van der Waals surface area contributed by atoms with Crippen molar-refractivity contribution in [3.8, 4) is 11.5 Å². The van der Waals surface area contributed by atoms with Crippen molar-refractivity contribution in [2.75, 3.05) is 27.3 Å². The van der Waals surface area contributed by atoms with Crippen LogP contribution in [0.1, 0.15) is 16.1 Å². The molecule has 0 fully saturated rings. The number of fused-ring (bicyclic) bond motifs is 1. The number of rotatable bonds is 7. The smallest absolute Gasteiger partial charge is 0.274 e. The van der Waals surface area contributed by atoms with Crippen LogP contribution in [0.25, 0.3) is 17.0 Å². The van der Waals surface area contributed by atoms with Crippen LogP contribution in [0.3, 0.4) is 0 Å². The molecule has 0 atom stereocenters. The van der Waals surface area contributed by atoms with Crippen LogP contribution in [0, 0.1) is 0 Å². The van der Waals surface area contributed by atoms with Crippen LogP contribution in [0.5, 0.6) is 0 Å². The van der Waals surface area contributed by atoms with Gasteiger partial charge in [0, 0.05) is 39.6 Å². The Morgan fingerprint density at radius 1 is 1.14 bits per heavy atom. The first-order valence-electron chi connectivity index (χ1n) is 9.45. The number of likely N-dealkylation sites (N-methyl/N-ethyl adjacent to an activating group) is 1. The molecule has 0 unspecified atom stereocenters. The molecule has 0 saturated carbocycles. The molecule has 1 aromatic carbocycles. The molecule has 7 heteroatoms. The molecule has 0 aliphatic rings. The molecule has 0 saturated heterocycles. The number of hydrogen-bond acceptors (Lipinski definition) is 4. The van der Waals surface area contributed by atoms with Gasteiger partial charge >= 0.3 is 0 Å². The highest BCUT2D eigenvalue weighted by molar-refractivity contribution is 5.99. The largest absolute Gasteiger partial charge is 0.383 e. The van der Waals surface area contributed by atoms with Crippen LogP contribution in [0.15, 0.2) is 67.3 Å². The zero-order valence-electron chi connectivity index (χ0n) is 16.5. The van der Waals surface area contributed by atoms with E-state index in [0.717, 1.165) is 17.8 Å². The average molecular weight is 389 g/mol. The van der Waals surface area contributed by atoms with E-state index in [1.165, 1.54) is 5.56 Å². The summed E-state index contributed by atoms with van der Waals surface area (Å²) in [5, 5.41) is 0. The lowest BCUT2D eigenvalue weighted by atomic mass is 10.2. The number of pyridine rings is 1. The predicted octanol–water partition coefficient (Wildman–Crippen LogP) is 2.96. The molecule has 148 valence electrons. The highest BCUT2D eigenvalue weighted by Gasteiger charge is 2.22. The number of carbonyl (C=O) groups is 1. The number of benzene rings is 1. The summed E-state index contributed by atoms with van der Waals surface area (Å²) < 4.78 is 9.00. The van der Waals surface area contributed by atoms with Crippen LogP contribution in [-0.4, -0.2) is 57.1 Å². The molecule has 3 aromatic heterocycles. The number of carbonyl (C=O) groups excluding carboxylic acids is 1. The van der Waals surface area contributed by atoms with Gasteiger partial charge < -0.3 is 14.2 Å². The second-order valence-electron chi connectivity index (χ2n) is 6.88. The number of aromatic nitrogens is 4. The Hall–Kier alpha value is -3.45. The summed E-state index contributed by atoms with van der Waals surface area (Å²) in [6, 6.07) is 15.9. The van der Waals surface area contributed by atoms with E-state index in [2.05, 4.69) is 22.1 Å². The van der Waals surface area contributed by atoms with Gasteiger partial charge in [-0.3, -0.25) is 9.20 Å². The van der Waals surface area contributed by atoms with Crippen molar-refractivity contribution in [2.24, 2.45) is 0 Å². The van der Waals surface area contributed by atoms with E-state index in [1.807, 2.05) is 57.8 Å². The summed E-state index contributed by atoms with van der Waals surface area (Å²) in [6.45, 7) is 1.70. The number of hydrogen-bond donors (Lipinski definition) is 0. The van der Waals surface area contributed by atoms with E-state index in [0.29, 0.717) is 24.7 Å². The van der Waals surface area contributed by atoms with Crippen molar-refractivity contribution in [2.45, 2.75) is 6.54 Å². The molecule has 29 heavy (non-hydrogen) atoms. The highest BCUT2D eigenvalue weighted by atomic mass is 16.5. The minimum atomic E-state index is -0.138. The van der Waals surface area contributed by atoms with E-state index in [9.17, 15) is 4.79 Å². The monoisotopic (exact) mass is 389 g/mol. The summed E-state index contributed by atoms with van der Waals surface area (Å²) in [7, 11) is 3.37. The maximum absolute atomic E-state index is 12.9. The fraction of sp³-hybridized carbons (Fsp3) is 0.227. The quantitative estimate of drug-likeness (QED) is 0.487. The molecule has 0 bridgehead atoms. The van der Waals surface area contributed by atoms with Crippen LogP contribution in [-0.2, 0) is 11.3 Å². The summed E-state index contributed by atoms with van der Waals surface area (Å²) in [6.07, 6.45) is 5.65. The van der Waals surface area contributed by atoms with Gasteiger partial charge in [-0.1, -0.05) is 36.4 Å². The van der Waals surface area contributed by atoms with E-state index < -0.39 is 0 Å². The molecule has 0 aliphatic heterocycles. The molecule has 4 aromatic rings. The fourth-order valence-corrected chi connectivity index (χ4v) is 3.24. The van der Waals surface area contributed by atoms with Gasteiger partial charge in [0.1, 0.15) is 5.69 Å². The second kappa shape index (κ2) is 8.28. The number of nitrogens with zero attached hydrogens (tertiary/aromatic N) is 5. The molecule has 4 rings (SSSR count). The van der Waals surface area contributed by atoms with Gasteiger partial charge in [-0.25, -0.2) is 9.97 Å². The van der Waals surface area contributed by atoms with Gasteiger partial charge in [-0.05, 0) is 17.7 Å². The maximum atomic E-state index is 12.9. The normalized spacial score (nSPS) is 11.1. The number of methoxy groups -OCH3 is 1. The Kier molecular flexibility index (Phi) is 5.39. The molecule has 1 amide bonds. The number of ether oxygens (including phenoxy) is 1. The van der Waals surface area contributed by atoms with Gasteiger partial charge in [0.25, 0.3) is 5.91 Å². The van der Waals surface area contributed by atoms with E-state index in [1.54, 1.807) is 25.4 Å². The van der Waals surface area contributed by atoms with Crippen molar-refractivity contribution in [3.05, 3.63) is 78.5 Å². The van der Waals surface area contributed by atoms with E-state index in [-0.39, 0.29) is 5.91 Å². The maximum Gasteiger partial charge on any atom is 0.274 e. The first-order chi connectivity index (χ1) is 14.2. The van der Waals surface area contributed by atoms with Gasteiger partial charge in [0.05, 0.1) is 18.5 Å². The average Bonchev–Trinajstić information content (AvgIpc) is 3.36. The third kappa shape index (κ3) is 3.90. The number of imidazole rings is 2. The van der Waals surface area contributed by atoms with Crippen LogP contribution in [0.2, 0.25) is 0 Å². The Labute approximate surface area is 169 Å². The fourth-order valence-electron chi connectivity index (χ4n) is 3.24. The molecule has 7 nitrogen and oxygen atoms in total. The zero-order valence-corrected chi connectivity index (χ0v) is 16.5. The highest BCUT2D eigenvalue weighted by Crippen LogP contribution is 2.22. The molecule has 0 radical (unpaired) electrons. The Morgan fingerprint density at radius 2 is 1.93 bits per heavy atom. The van der Waals surface area contributed by atoms with Gasteiger partial charge in [0.2, 0.25) is 0 Å². The lowest BCUT2D eigenvalue weighted by Crippen LogP contribution is -2.30. The zero-order chi connectivity index (χ0) is 20.2. The van der Waals surface area contributed by atoms with Gasteiger partial charge in [-0.15, -0.1) is 0 Å². The number of amides is 1. The molecule has 3 heterocycles. The Balaban J connectivity index is 1.67.